The fraction of sp³-hybridized carbons (Fsp3) is 0.400. The summed E-state index contributed by atoms with van der Waals surface area (Å²) in [6.45, 7) is 17.2. The normalized spacial score (nSPS) is 9.03. The van der Waals surface area contributed by atoms with Gasteiger partial charge in [0.25, 0.3) is 0 Å². The minimum atomic E-state index is -0.489. The van der Waals surface area contributed by atoms with Crippen LogP contribution >= 0.6 is 0 Å². The van der Waals surface area contributed by atoms with Gasteiger partial charge in [0.1, 0.15) is 26.4 Å². The van der Waals surface area contributed by atoms with Crippen molar-refractivity contribution in [3.8, 4) is 0 Å². The van der Waals surface area contributed by atoms with E-state index in [-0.39, 0.29) is 39.6 Å². The Bertz CT molecular complexity index is 553. The van der Waals surface area contributed by atoms with Crippen LogP contribution in [-0.2, 0) is 42.9 Å². The summed E-state index contributed by atoms with van der Waals surface area (Å²) in [4.78, 5) is 42.8. The van der Waals surface area contributed by atoms with Crippen molar-refractivity contribution < 1.29 is 42.9 Å². The van der Waals surface area contributed by atoms with Crippen molar-refractivity contribution >= 4 is 23.9 Å². The van der Waals surface area contributed by atoms with Gasteiger partial charge in [-0.15, -0.1) is 0 Å². The Balaban J connectivity index is 0. The maximum Gasteiger partial charge on any atom is 0.333 e. The lowest BCUT2D eigenvalue weighted by Gasteiger charge is -2.05. The third-order valence-corrected chi connectivity index (χ3v) is 2.52. The molecule has 0 aromatic rings. The molecule has 0 spiro atoms. The van der Waals surface area contributed by atoms with Crippen molar-refractivity contribution in [3.63, 3.8) is 0 Å². The van der Waals surface area contributed by atoms with E-state index in [1.54, 1.807) is 13.8 Å². The summed E-state index contributed by atoms with van der Waals surface area (Å²) in [5, 5.41) is 0. The van der Waals surface area contributed by atoms with Crippen LogP contribution in [0.1, 0.15) is 13.8 Å². The van der Waals surface area contributed by atoms with E-state index in [1.807, 2.05) is 0 Å². The molecule has 29 heavy (non-hydrogen) atoms. The first-order valence-corrected chi connectivity index (χ1v) is 8.47. The van der Waals surface area contributed by atoms with Gasteiger partial charge in [-0.05, 0) is 13.8 Å². The molecule has 9 nitrogen and oxygen atoms in total. The molecule has 0 aromatic heterocycles. The van der Waals surface area contributed by atoms with Gasteiger partial charge in [0.15, 0.2) is 0 Å². The highest BCUT2D eigenvalue weighted by atomic mass is 16.6. The maximum absolute atomic E-state index is 10.8. The number of hydrogen-bond donors (Lipinski definition) is 0. The smallest absolute Gasteiger partial charge is 0.333 e. The van der Waals surface area contributed by atoms with Crippen LogP contribution in [-0.4, -0.2) is 63.5 Å². The van der Waals surface area contributed by atoms with Crippen molar-refractivity contribution in [1.82, 2.24) is 0 Å². The summed E-state index contributed by atoms with van der Waals surface area (Å²) in [7, 11) is 0. The molecule has 0 heterocycles. The number of rotatable bonds is 13. The average Bonchev–Trinajstić information content (AvgIpc) is 2.69. The van der Waals surface area contributed by atoms with Gasteiger partial charge in [0.05, 0.1) is 13.2 Å². The predicted molar refractivity (Wildman–Crippen MR) is 105 cm³/mol. The van der Waals surface area contributed by atoms with Crippen molar-refractivity contribution in [2.24, 2.45) is 0 Å². The van der Waals surface area contributed by atoms with Crippen molar-refractivity contribution in [2.75, 3.05) is 39.6 Å². The van der Waals surface area contributed by atoms with E-state index in [0.29, 0.717) is 11.1 Å². The van der Waals surface area contributed by atoms with Gasteiger partial charge in [-0.1, -0.05) is 26.3 Å². The first-order valence-electron chi connectivity index (χ1n) is 8.47. The minimum Gasteiger partial charge on any atom is -0.460 e. The zero-order chi connectivity index (χ0) is 22.7. The van der Waals surface area contributed by atoms with E-state index >= 15 is 0 Å². The van der Waals surface area contributed by atoms with E-state index in [4.69, 9.17) is 4.74 Å². The van der Waals surface area contributed by atoms with Gasteiger partial charge < -0.3 is 23.7 Å². The second-order valence-corrected chi connectivity index (χ2v) is 5.19. The highest BCUT2D eigenvalue weighted by molar-refractivity contribution is 5.87. The van der Waals surface area contributed by atoms with Crippen LogP contribution < -0.4 is 0 Å². The Kier molecular flexibility index (Phi) is 17.6. The molecule has 0 unspecified atom stereocenters. The van der Waals surface area contributed by atoms with Crippen molar-refractivity contribution in [3.05, 3.63) is 49.6 Å². The fourth-order valence-corrected chi connectivity index (χ4v) is 1.14. The lowest BCUT2D eigenvalue weighted by atomic mass is 10.4. The Morgan fingerprint density at radius 2 is 0.931 bits per heavy atom. The summed E-state index contributed by atoms with van der Waals surface area (Å²) in [5.74, 6) is -1.96. The largest absolute Gasteiger partial charge is 0.460 e. The maximum atomic E-state index is 10.8. The van der Waals surface area contributed by atoms with Gasteiger partial charge in [0, 0.05) is 23.3 Å². The summed E-state index contributed by atoms with van der Waals surface area (Å²) in [6.07, 6.45) is 2.15. The van der Waals surface area contributed by atoms with Crippen LogP contribution in [0.2, 0.25) is 0 Å². The molecule has 0 bridgehead atoms. The first kappa shape index (κ1) is 28.0. The Morgan fingerprint density at radius 3 is 1.21 bits per heavy atom. The van der Waals surface area contributed by atoms with Gasteiger partial charge in [-0.2, -0.15) is 0 Å². The molecular formula is C20H28O9. The van der Waals surface area contributed by atoms with Crippen LogP contribution in [0.4, 0.5) is 0 Å². The lowest BCUT2D eigenvalue weighted by molar-refractivity contribution is -0.147. The summed E-state index contributed by atoms with van der Waals surface area (Å²) >= 11 is 0. The van der Waals surface area contributed by atoms with E-state index in [9.17, 15) is 19.2 Å². The minimum absolute atomic E-state index is 0.0325. The average molecular weight is 412 g/mol. The van der Waals surface area contributed by atoms with Gasteiger partial charge in [-0.3, -0.25) is 0 Å². The van der Waals surface area contributed by atoms with Crippen molar-refractivity contribution in [2.45, 2.75) is 13.8 Å². The second-order valence-electron chi connectivity index (χ2n) is 5.19. The van der Waals surface area contributed by atoms with Crippen LogP contribution in [0.3, 0.4) is 0 Å². The Hall–Kier alpha value is -3.20. The zero-order valence-corrected chi connectivity index (χ0v) is 16.9. The Labute approximate surface area is 170 Å². The Morgan fingerprint density at radius 1 is 0.621 bits per heavy atom. The molecule has 162 valence electrons. The van der Waals surface area contributed by atoms with E-state index < -0.39 is 23.9 Å². The van der Waals surface area contributed by atoms with Gasteiger partial charge >= 0.3 is 23.9 Å². The molecule has 0 aromatic carbocycles. The molecule has 0 fully saturated rings. The molecule has 0 atom stereocenters. The molecule has 0 saturated carbocycles. The first-order chi connectivity index (χ1) is 13.6. The lowest BCUT2D eigenvalue weighted by Crippen LogP contribution is -2.14. The second kappa shape index (κ2) is 18.2. The molecule has 0 N–H and O–H groups in total. The van der Waals surface area contributed by atoms with Crippen molar-refractivity contribution in [1.29, 1.82) is 0 Å². The molecular weight excluding hydrogens is 384 g/mol. The topological polar surface area (TPSA) is 114 Å². The van der Waals surface area contributed by atoms with E-state index in [1.165, 1.54) is 0 Å². The summed E-state index contributed by atoms with van der Waals surface area (Å²) in [6, 6.07) is 0. The quantitative estimate of drug-likeness (QED) is 0.193. The highest BCUT2D eigenvalue weighted by Gasteiger charge is 2.05. The summed E-state index contributed by atoms with van der Waals surface area (Å²) < 4.78 is 23.6. The van der Waals surface area contributed by atoms with E-state index in [0.717, 1.165) is 12.2 Å². The molecule has 9 heteroatoms. The number of esters is 4. The number of ether oxygens (including phenoxy) is 5. The number of carbonyl (C=O) groups is 4. The zero-order valence-electron chi connectivity index (χ0n) is 16.9. The molecule has 0 radical (unpaired) electrons. The molecule has 0 rings (SSSR count). The number of hydrogen-bond acceptors (Lipinski definition) is 9. The molecule has 0 aliphatic carbocycles. The molecule has 0 aliphatic heterocycles. The summed E-state index contributed by atoms with van der Waals surface area (Å²) in [5.41, 5.74) is 0.632. The van der Waals surface area contributed by atoms with Crippen LogP contribution in [0.5, 0.6) is 0 Å². The van der Waals surface area contributed by atoms with Gasteiger partial charge in [0.2, 0.25) is 0 Å². The highest BCUT2D eigenvalue weighted by Crippen LogP contribution is 1.94. The predicted octanol–water partition coefficient (Wildman–Crippen LogP) is 1.69. The standard InChI is InChI=1S/C10H14O5.C10H14O4/c1-3-9(11)14-7-5-13-6-8-15-10(12)4-2;1-7(2)9(11)13-5-6-14-10(12)8(3)4/h3-4H,1-2,5-8H2;1,3,5-6H2,2,4H3. The monoisotopic (exact) mass is 412 g/mol. The van der Waals surface area contributed by atoms with Crippen LogP contribution in [0.25, 0.3) is 0 Å². The van der Waals surface area contributed by atoms with Crippen LogP contribution in [0, 0.1) is 0 Å². The third-order valence-electron chi connectivity index (χ3n) is 2.52. The third kappa shape index (κ3) is 19.4. The number of carbonyl (C=O) groups excluding carboxylic acids is 4. The van der Waals surface area contributed by atoms with Gasteiger partial charge in [-0.25, -0.2) is 19.2 Å². The SMILES string of the molecule is C=C(C)C(=O)OCCOC(=O)C(=C)C.C=CC(=O)OCCOCCOC(=O)C=C. The fourth-order valence-electron chi connectivity index (χ4n) is 1.14. The molecule has 0 saturated heterocycles. The molecule has 0 amide bonds. The van der Waals surface area contributed by atoms with E-state index in [2.05, 4.69) is 45.3 Å². The molecule has 0 aliphatic rings. The van der Waals surface area contributed by atoms with Crippen LogP contribution in [0.15, 0.2) is 49.6 Å².